The summed E-state index contributed by atoms with van der Waals surface area (Å²) in [6.45, 7) is 7.92. The van der Waals surface area contributed by atoms with Gasteiger partial charge in [-0.15, -0.1) is 0 Å². The molecule has 90 valence electrons. The Morgan fingerprint density at radius 2 is 1.82 bits per heavy atom. The lowest BCUT2D eigenvalue weighted by Gasteiger charge is -2.32. The van der Waals surface area contributed by atoms with Gasteiger partial charge in [-0.1, -0.05) is 0 Å². The van der Waals surface area contributed by atoms with Crippen molar-refractivity contribution in [2.45, 2.75) is 38.9 Å². The van der Waals surface area contributed by atoms with E-state index >= 15 is 0 Å². The van der Waals surface area contributed by atoms with Crippen LogP contribution in [0.3, 0.4) is 0 Å². The van der Waals surface area contributed by atoms with E-state index in [4.69, 9.17) is 9.31 Å². The molecular formula is C12H16BNO3. The van der Waals surface area contributed by atoms with E-state index in [1.54, 1.807) is 12.3 Å². The van der Waals surface area contributed by atoms with Crippen LogP contribution in [0.4, 0.5) is 0 Å². The van der Waals surface area contributed by atoms with Crippen molar-refractivity contribution in [3.05, 3.63) is 24.0 Å². The number of rotatable bonds is 2. The first-order valence-electron chi connectivity index (χ1n) is 5.62. The summed E-state index contributed by atoms with van der Waals surface area (Å²) in [5.74, 6) is 0. The molecule has 4 nitrogen and oxygen atoms in total. The minimum Gasteiger partial charge on any atom is -0.399 e. The molecule has 17 heavy (non-hydrogen) atoms. The molecule has 0 aliphatic carbocycles. The van der Waals surface area contributed by atoms with Gasteiger partial charge in [-0.05, 0) is 39.2 Å². The molecule has 1 fully saturated rings. The molecule has 1 aliphatic heterocycles. The van der Waals surface area contributed by atoms with Crippen LogP contribution >= 0.6 is 0 Å². The summed E-state index contributed by atoms with van der Waals surface area (Å²) >= 11 is 0. The van der Waals surface area contributed by atoms with Gasteiger partial charge in [-0.2, -0.15) is 0 Å². The first-order valence-corrected chi connectivity index (χ1v) is 5.62. The summed E-state index contributed by atoms with van der Waals surface area (Å²) in [7, 11) is -0.511. The number of nitrogens with zero attached hydrogens (tertiary/aromatic N) is 1. The smallest absolute Gasteiger partial charge is 0.399 e. The largest absolute Gasteiger partial charge is 0.495 e. The van der Waals surface area contributed by atoms with E-state index in [9.17, 15) is 4.79 Å². The minimum absolute atomic E-state index is 0.402. The molecular weight excluding hydrogens is 217 g/mol. The Kier molecular flexibility index (Phi) is 2.83. The number of pyridine rings is 1. The van der Waals surface area contributed by atoms with Gasteiger partial charge in [0.1, 0.15) is 0 Å². The van der Waals surface area contributed by atoms with Gasteiger partial charge in [0, 0.05) is 18.0 Å². The van der Waals surface area contributed by atoms with Crippen molar-refractivity contribution >= 4 is 18.9 Å². The van der Waals surface area contributed by atoms with Crippen LogP contribution in [0.25, 0.3) is 0 Å². The third-order valence-corrected chi connectivity index (χ3v) is 3.52. The Bertz CT molecular complexity index is 429. The first kappa shape index (κ1) is 12.3. The molecule has 0 unspecified atom stereocenters. The zero-order valence-electron chi connectivity index (χ0n) is 10.6. The fourth-order valence-corrected chi connectivity index (χ4v) is 1.70. The molecule has 5 heteroatoms. The van der Waals surface area contributed by atoms with Crippen molar-refractivity contribution in [2.75, 3.05) is 0 Å². The molecule has 0 radical (unpaired) electrons. The Morgan fingerprint density at radius 3 is 2.35 bits per heavy atom. The van der Waals surface area contributed by atoms with Gasteiger partial charge in [-0.3, -0.25) is 9.78 Å². The average molecular weight is 233 g/mol. The molecule has 0 aromatic carbocycles. The Morgan fingerprint density at radius 1 is 1.24 bits per heavy atom. The Hall–Kier alpha value is -1.20. The monoisotopic (exact) mass is 233 g/mol. The van der Waals surface area contributed by atoms with Crippen molar-refractivity contribution in [1.82, 2.24) is 4.98 Å². The van der Waals surface area contributed by atoms with Gasteiger partial charge in [0.15, 0.2) is 6.29 Å². The molecule has 0 spiro atoms. The normalized spacial score (nSPS) is 21.5. The molecule has 1 saturated heterocycles. The molecule has 0 bridgehead atoms. The van der Waals surface area contributed by atoms with Gasteiger partial charge in [0.25, 0.3) is 0 Å². The number of carbonyl (C=O) groups is 1. The topological polar surface area (TPSA) is 48.4 Å². The molecule has 1 aromatic heterocycles. The zero-order chi connectivity index (χ0) is 12.7. The molecule has 1 aliphatic rings. The highest BCUT2D eigenvalue weighted by Gasteiger charge is 2.52. The third-order valence-electron chi connectivity index (χ3n) is 3.52. The van der Waals surface area contributed by atoms with Gasteiger partial charge in [0.2, 0.25) is 0 Å². The number of carbonyl (C=O) groups excluding carboxylic acids is 1. The minimum atomic E-state index is -0.511. The standard InChI is InChI=1S/C12H16BNO3/c1-11(2)12(3,4)17-13(16-11)10-5-6-14-7-9(10)8-15/h5-8H,1-4H3. The fourth-order valence-electron chi connectivity index (χ4n) is 1.70. The van der Waals surface area contributed by atoms with Gasteiger partial charge >= 0.3 is 7.12 Å². The summed E-state index contributed by atoms with van der Waals surface area (Å²) in [5, 5.41) is 0. The van der Waals surface area contributed by atoms with Crippen LogP contribution in [0.1, 0.15) is 38.1 Å². The van der Waals surface area contributed by atoms with E-state index in [-0.39, 0.29) is 0 Å². The predicted molar refractivity (Wildman–Crippen MR) is 65.3 cm³/mol. The lowest BCUT2D eigenvalue weighted by Crippen LogP contribution is -2.41. The zero-order valence-corrected chi connectivity index (χ0v) is 10.6. The van der Waals surface area contributed by atoms with E-state index in [1.807, 2.05) is 27.7 Å². The van der Waals surface area contributed by atoms with Crippen molar-refractivity contribution in [3.63, 3.8) is 0 Å². The van der Waals surface area contributed by atoms with Crippen LogP contribution in [-0.2, 0) is 9.31 Å². The molecule has 0 N–H and O–H groups in total. The summed E-state index contributed by atoms with van der Waals surface area (Å²) < 4.78 is 11.8. The first-order chi connectivity index (χ1) is 7.87. The van der Waals surface area contributed by atoms with E-state index in [2.05, 4.69) is 4.98 Å². The highest BCUT2D eigenvalue weighted by molar-refractivity contribution is 6.63. The lowest BCUT2D eigenvalue weighted by atomic mass is 9.77. The van der Waals surface area contributed by atoms with Crippen molar-refractivity contribution in [3.8, 4) is 0 Å². The number of hydrogen-bond donors (Lipinski definition) is 0. The summed E-state index contributed by atoms with van der Waals surface area (Å²) in [6.07, 6.45) is 3.92. The molecule has 0 atom stereocenters. The van der Waals surface area contributed by atoms with Crippen LogP contribution in [0.2, 0.25) is 0 Å². The maximum absolute atomic E-state index is 11.0. The average Bonchev–Trinajstić information content (AvgIpc) is 2.48. The van der Waals surface area contributed by atoms with Gasteiger partial charge in [0.05, 0.1) is 11.2 Å². The lowest BCUT2D eigenvalue weighted by molar-refractivity contribution is 0.00578. The van der Waals surface area contributed by atoms with Gasteiger partial charge < -0.3 is 9.31 Å². The molecule has 1 aromatic rings. The van der Waals surface area contributed by atoms with Crippen LogP contribution in [-0.4, -0.2) is 29.6 Å². The van der Waals surface area contributed by atoms with Crippen LogP contribution < -0.4 is 5.46 Å². The van der Waals surface area contributed by atoms with E-state index in [0.29, 0.717) is 5.56 Å². The molecule has 0 saturated carbocycles. The Labute approximate surface area is 101 Å². The van der Waals surface area contributed by atoms with Crippen LogP contribution in [0, 0.1) is 0 Å². The SMILES string of the molecule is CC1(C)OB(c2ccncc2C=O)OC1(C)C. The van der Waals surface area contributed by atoms with Crippen LogP contribution in [0.5, 0.6) is 0 Å². The second-order valence-corrected chi connectivity index (χ2v) is 5.21. The maximum Gasteiger partial charge on any atom is 0.495 e. The molecule has 2 rings (SSSR count). The summed E-state index contributed by atoms with van der Waals surface area (Å²) in [4.78, 5) is 14.9. The second-order valence-electron chi connectivity index (χ2n) is 5.21. The van der Waals surface area contributed by atoms with E-state index < -0.39 is 18.3 Å². The highest BCUT2D eigenvalue weighted by Crippen LogP contribution is 2.36. The van der Waals surface area contributed by atoms with E-state index in [0.717, 1.165) is 11.7 Å². The van der Waals surface area contributed by atoms with Crippen LogP contribution in [0.15, 0.2) is 18.5 Å². The number of hydrogen-bond acceptors (Lipinski definition) is 4. The number of aldehydes is 1. The quantitative estimate of drug-likeness (QED) is 0.568. The number of aromatic nitrogens is 1. The van der Waals surface area contributed by atoms with Gasteiger partial charge in [-0.25, -0.2) is 0 Å². The van der Waals surface area contributed by atoms with Crippen molar-refractivity contribution < 1.29 is 14.1 Å². The third kappa shape index (κ3) is 2.00. The fraction of sp³-hybridized carbons (Fsp3) is 0.500. The molecule has 0 amide bonds. The summed E-state index contributed by atoms with van der Waals surface area (Å²) in [5.41, 5.74) is 0.432. The molecule has 2 heterocycles. The van der Waals surface area contributed by atoms with Crippen molar-refractivity contribution in [1.29, 1.82) is 0 Å². The Balaban J connectivity index is 2.35. The van der Waals surface area contributed by atoms with E-state index in [1.165, 1.54) is 6.20 Å². The van der Waals surface area contributed by atoms with Crippen molar-refractivity contribution in [2.24, 2.45) is 0 Å². The maximum atomic E-state index is 11.0. The predicted octanol–water partition coefficient (Wildman–Crippen LogP) is 1.19. The second kappa shape index (κ2) is 3.93. The summed E-state index contributed by atoms with van der Waals surface area (Å²) in [6, 6.07) is 1.76. The highest BCUT2D eigenvalue weighted by atomic mass is 16.7.